The second-order valence-electron chi connectivity index (χ2n) is 5.15. The largest absolute Gasteiger partial charge is 0.349 e. The van der Waals surface area contributed by atoms with Crippen LogP contribution in [0.3, 0.4) is 0 Å². The van der Waals surface area contributed by atoms with Gasteiger partial charge in [0.05, 0.1) is 17.1 Å². The van der Waals surface area contributed by atoms with E-state index in [1.165, 1.54) is 0 Å². The van der Waals surface area contributed by atoms with Gasteiger partial charge in [0.1, 0.15) is 12.4 Å². The Bertz CT molecular complexity index is 664. The van der Waals surface area contributed by atoms with Crippen molar-refractivity contribution in [3.8, 4) is 0 Å². The first kappa shape index (κ1) is 14.6. The zero-order chi connectivity index (χ0) is 15.5. The van der Waals surface area contributed by atoms with Crippen LogP contribution >= 0.6 is 0 Å². The predicted octanol–water partition coefficient (Wildman–Crippen LogP) is 0.947. The summed E-state index contributed by atoms with van der Waals surface area (Å²) in [5.74, 6) is 0.568. The lowest BCUT2D eigenvalue weighted by atomic mass is 10.2. The second-order valence-corrected chi connectivity index (χ2v) is 5.15. The van der Waals surface area contributed by atoms with Crippen LogP contribution in [0.15, 0.2) is 34.5 Å². The van der Waals surface area contributed by atoms with E-state index in [0.29, 0.717) is 6.54 Å². The predicted molar refractivity (Wildman–Crippen MR) is 77.7 cm³/mol. The third kappa shape index (κ3) is 2.97. The summed E-state index contributed by atoms with van der Waals surface area (Å²) in [4.78, 5) is 21.7. The number of nitrogens with one attached hydrogen (secondary N) is 1. The fourth-order valence-corrected chi connectivity index (χ4v) is 2.75. The van der Waals surface area contributed by atoms with Crippen LogP contribution in [0.5, 0.6) is 0 Å². The molecule has 1 atom stereocenters. The van der Waals surface area contributed by atoms with E-state index in [1.54, 1.807) is 4.90 Å². The molecule has 1 aromatic carbocycles. The molecule has 0 saturated carbocycles. The molecule has 2 aromatic rings. The molecule has 1 aliphatic heterocycles. The van der Waals surface area contributed by atoms with Gasteiger partial charge in [-0.2, -0.15) is 5.11 Å². The van der Waals surface area contributed by atoms with Crippen molar-refractivity contribution in [2.24, 2.45) is 10.2 Å². The molecule has 0 radical (unpaired) electrons. The molecule has 1 aromatic heterocycles. The second kappa shape index (κ2) is 6.20. The van der Waals surface area contributed by atoms with E-state index in [9.17, 15) is 4.79 Å². The Kier molecular flexibility index (Phi) is 4.12. The molecular weight excluding hydrogens is 286 g/mol. The van der Waals surface area contributed by atoms with Gasteiger partial charge in [-0.1, -0.05) is 12.1 Å². The van der Waals surface area contributed by atoms with Gasteiger partial charge in [-0.3, -0.25) is 4.79 Å². The van der Waals surface area contributed by atoms with Gasteiger partial charge in [0.25, 0.3) is 6.41 Å². The lowest BCUT2D eigenvalue weighted by Gasteiger charge is -2.22. The number of likely N-dealkylation sites (tertiary alicyclic amines) is 1. The quantitative estimate of drug-likeness (QED) is 0.576. The van der Waals surface area contributed by atoms with E-state index in [2.05, 4.69) is 20.2 Å². The molecule has 0 bridgehead atoms. The maximum Gasteiger partial charge on any atom is 0.271 e. The fraction of sp³-hybridized carbons (Fsp3) is 0.429. The SMILES string of the molecule is O=C(CN=NC(O)O)N1CCC[C@H]1c1nc2ccccc2[nH]1. The average Bonchev–Trinajstić information content (AvgIpc) is 3.12. The summed E-state index contributed by atoms with van der Waals surface area (Å²) in [7, 11) is 0. The van der Waals surface area contributed by atoms with Crippen LogP contribution in [-0.2, 0) is 4.79 Å². The molecule has 8 nitrogen and oxygen atoms in total. The summed E-state index contributed by atoms with van der Waals surface area (Å²) in [5, 5.41) is 23.8. The van der Waals surface area contributed by atoms with E-state index in [4.69, 9.17) is 10.2 Å². The molecular formula is C14H17N5O3. The van der Waals surface area contributed by atoms with Crippen molar-refractivity contribution in [3.05, 3.63) is 30.1 Å². The number of para-hydroxylation sites is 2. The highest BCUT2D eigenvalue weighted by Gasteiger charge is 2.31. The zero-order valence-electron chi connectivity index (χ0n) is 11.9. The van der Waals surface area contributed by atoms with E-state index >= 15 is 0 Å². The molecule has 2 heterocycles. The van der Waals surface area contributed by atoms with Crippen LogP contribution in [-0.4, -0.2) is 50.5 Å². The minimum absolute atomic E-state index is 0.103. The lowest BCUT2D eigenvalue weighted by Crippen LogP contribution is -2.32. The highest BCUT2D eigenvalue weighted by Crippen LogP contribution is 2.31. The molecule has 22 heavy (non-hydrogen) atoms. The Labute approximate surface area is 126 Å². The number of aliphatic hydroxyl groups excluding tert-OH is 1. The molecule has 0 spiro atoms. The number of fused-ring (bicyclic) bond motifs is 1. The third-order valence-corrected chi connectivity index (χ3v) is 3.69. The van der Waals surface area contributed by atoms with Gasteiger partial charge in [-0.05, 0) is 25.0 Å². The van der Waals surface area contributed by atoms with E-state index < -0.39 is 6.41 Å². The molecule has 0 aliphatic carbocycles. The molecule has 116 valence electrons. The number of hydrogen-bond acceptors (Lipinski definition) is 6. The lowest BCUT2D eigenvalue weighted by molar-refractivity contribution is -0.130. The van der Waals surface area contributed by atoms with Gasteiger partial charge in [-0.25, -0.2) is 4.98 Å². The minimum Gasteiger partial charge on any atom is -0.349 e. The highest BCUT2D eigenvalue weighted by molar-refractivity contribution is 5.79. The Balaban J connectivity index is 1.76. The zero-order valence-corrected chi connectivity index (χ0v) is 11.9. The first-order valence-corrected chi connectivity index (χ1v) is 7.12. The Morgan fingerprint density at radius 1 is 1.45 bits per heavy atom. The van der Waals surface area contributed by atoms with E-state index in [1.807, 2.05) is 24.3 Å². The topological polar surface area (TPSA) is 114 Å². The Hall–Kier alpha value is -2.32. The van der Waals surface area contributed by atoms with Crippen molar-refractivity contribution >= 4 is 16.9 Å². The first-order chi connectivity index (χ1) is 10.6. The number of aromatic nitrogens is 2. The minimum atomic E-state index is -1.88. The van der Waals surface area contributed by atoms with Crippen molar-refractivity contribution in [3.63, 3.8) is 0 Å². The van der Waals surface area contributed by atoms with Crippen LogP contribution in [0.4, 0.5) is 0 Å². The van der Waals surface area contributed by atoms with Gasteiger partial charge < -0.3 is 20.1 Å². The van der Waals surface area contributed by atoms with Gasteiger partial charge in [-0.15, -0.1) is 5.11 Å². The number of H-pyrrole nitrogens is 1. The summed E-state index contributed by atoms with van der Waals surface area (Å²) in [6, 6.07) is 7.62. The maximum atomic E-state index is 12.2. The first-order valence-electron chi connectivity index (χ1n) is 7.12. The van der Waals surface area contributed by atoms with Crippen molar-refractivity contribution in [2.75, 3.05) is 13.1 Å². The molecule has 1 amide bonds. The smallest absolute Gasteiger partial charge is 0.271 e. The fourth-order valence-electron chi connectivity index (χ4n) is 2.75. The summed E-state index contributed by atoms with van der Waals surface area (Å²) in [6.45, 7) is 0.437. The summed E-state index contributed by atoms with van der Waals surface area (Å²) < 4.78 is 0. The van der Waals surface area contributed by atoms with Crippen molar-refractivity contribution in [1.29, 1.82) is 0 Å². The van der Waals surface area contributed by atoms with Crippen molar-refractivity contribution < 1.29 is 15.0 Å². The molecule has 1 saturated heterocycles. The molecule has 0 unspecified atom stereocenters. The number of hydrogen-bond donors (Lipinski definition) is 3. The number of carbonyl (C=O) groups excluding carboxylic acids is 1. The number of nitrogens with zero attached hydrogens (tertiary/aromatic N) is 4. The van der Waals surface area contributed by atoms with Crippen LogP contribution in [0.25, 0.3) is 11.0 Å². The van der Waals surface area contributed by atoms with Crippen LogP contribution in [0, 0.1) is 0 Å². The monoisotopic (exact) mass is 303 g/mol. The number of aromatic amines is 1. The number of aliphatic hydroxyl groups is 2. The molecule has 1 fully saturated rings. The normalized spacial score (nSPS) is 18.9. The molecule has 3 rings (SSSR count). The third-order valence-electron chi connectivity index (χ3n) is 3.69. The van der Waals surface area contributed by atoms with Crippen LogP contribution in [0.1, 0.15) is 24.7 Å². The number of amides is 1. The van der Waals surface area contributed by atoms with Crippen LogP contribution in [0.2, 0.25) is 0 Å². The Morgan fingerprint density at radius 3 is 3.05 bits per heavy atom. The number of carbonyl (C=O) groups is 1. The van der Waals surface area contributed by atoms with Gasteiger partial charge in [0, 0.05) is 6.54 Å². The summed E-state index contributed by atoms with van der Waals surface area (Å²) in [6.07, 6.45) is -0.143. The van der Waals surface area contributed by atoms with Gasteiger partial charge >= 0.3 is 0 Å². The van der Waals surface area contributed by atoms with Crippen molar-refractivity contribution in [2.45, 2.75) is 25.3 Å². The molecule has 1 aliphatic rings. The maximum absolute atomic E-state index is 12.2. The number of rotatable bonds is 4. The average molecular weight is 303 g/mol. The van der Waals surface area contributed by atoms with Gasteiger partial charge in [0.2, 0.25) is 5.91 Å². The molecule has 3 N–H and O–H groups in total. The van der Waals surface area contributed by atoms with E-state index in [-0.39, 0.29) is 18.5 Å². The highest BCUT2D eigenvalue weighted by atomic mass is 16.5. The standard InChI is InChI=1S/C14H17N5O3/c20-12(8-15-18-14(21)22)19-7-3-6-11(19)13-16-9-4-1-2-5-10(9)17-13/h1-2,4-5,11,14,21-22H,3,6-8H2,(H,16,17)/t11-/m0/s1. The van der Waals surface area contributed by atoms with Gasteiger partial charge in [0.15, 0.2) is 0 Å². The number of azo groups is 1. The Morgan fingerprint density at radius 2 is 2.27 bits per heavy atom. The summed E-state index contributed by atoms with van der Waals surface area (Å²) in [5.41, 5.74) is 1.82. The van der Waals surface area contributed by atoms with Crippen molar-refractivity contribution in [1.82, 2.24) is 14.9 Å². The number of benzene rings is 1. The summed E-state index contributed by atoms with van der Waals surface area (Å²) >= 11 is 0. The van der Waals surface area contributed by atoms with Crippen LogP contribution < -0.4 is 0 Å². The van der Waals surface area contributed by atoms with E-state index in [0.717, 1.165) is 29.7 Å². The number of imidazole rings is 1. The molecule has 8 heteroatoms.